The summed E-state index contributed by atoms with van der Waals surface area (Å²) in [6, 6.07) is 1.53. The van der Waals surface area contributed by atoms with Crippen molar-refractivity contribution in [3.05, 3.63) is 0 Å². The van der Waals surface area contributed by atoms with Crippen molar-refractivity contribution in [2.75, 3.05) is 33.2 Å². The van der Waals surface area contributed by atoms with Crippen molar-refractivity contribution in [3.8, 4) is 0 Å². The topological polar surface area (TPSA) is 27.3 Å². The molecule has 2 aliphatic rings. The monoisotopic (exact) mass is 225 g/mol. The molecular weight excluding hydrogens is 198 g/mol. The molecule has 16 heavy (non-hydrogen) atoms. The number of nitrogens with zero attached hydrogens (tertiary/aromatic N) is 1. The quantitative estimate of drug-likeness (QED) is 0.707. The van der Waals surface area contributed by atoms with Crippen molar-refractivity contribution in [2.24, 2.45) is 0 Å². The van der Waals surface area contributed by atoms with Crippen molar-refractivity contribution in [2.45, 2.75) is 50.6 Å². The van der Waals surface area contributed by atoms with Crippen LogP contribution in [0, 0.1) is 0 Å². The fraction of sp³-hybridized carbons (Fsp3) is 1.00. The van der Waals surface area contributed by atoms with Gasteiger partial charge in [0.05, 0.1) is 0 Å². The van der Waals surface area contributed by atoms with Crippen LogP contribution < -0.4 is 10.6 Å². The van der Waals surface area contributed by atoms with Crippen molar-refractivity contribution in [3.63, 3.8) is 0 Å². The Bertz CT molecular complexity index is 186. The van der Waals surface area contributed by atoms with E-state index in [-0.39, 0.29) is 0 Å². The van der Waals surface area contributed by atoms with Crippen LogP contribution in [0.5, 0.6) is 0 Å². The van der Waals surface area contributed by atoms with Crippen molar-refractivity contribution >= 4 is 0 Å². The zero-order valence-corrected chi connectivity index (χ0v) is 10.7. The molecule has 1 aliphatic carbocycles. The molecule has 2 rings (SSSR count). The van der Waals surface area contributed by atoms with Crippen LogP contribution in [0.4, 0.5) is 0 Å². The molecule has 3 heteroatoms. The van der Waals surface area contributed by atoms with E-state index < -0.39 is 0 Å². The van der Waals surface area contributed by atoms with Crippen LogP contribution in [-0.4, -0.2) is 50.2 Å². The standard InChI is InChI=1S/C13H27N3/c1-14-10-12-11-16(9-8-15-12)13-6-4-2-3-5-7-13/h12-15H,2-11H2,1H3. The van der Waals surface area contributed by atoms with E-state index in [2.05, 4.69) is 15.5 Å². The van der Waals surface area contributed by atoms with Gasteiger partial charge >= 0.3 is 0 Å². The van der Waals surface area contributed by atoms with Crippen LogP contribution in [-0.2, 0) is 0 Å². The van der Waals surface area contributed by atoms with Crippen molar-refractivity contribution in [1.29, 1.82) is 0 Å². The molecule has 94 valence electrons. The highest BCUT2D eigenvalue weighted by Gasteiger charge is 2.25. The SMILES string of the molecule is CNCC1CN(C2CCCCCC2)CCN1. The van der Waals surface area contributed by atoms with E-state index in [1.807, 2.05) is 7.05 Å². The highest BCUT2D eigenvalue weighted by molar-refractivity contribution is 4.84. The molecule has 0 aromatic heterocycles. The van der Waals surface area contributed by atoms with Crippen molar-refractivity contribution < 1.29 is 0 Å². The van der Waals surface area contributed by atoms with Gasteiger partial charge in [0, 0.05) is 38.3 Å². The fourth-order valence-corrected chi connectivity index (χ4v) is 3.19. The Morgan fingerprint density at radius 3 is 2.62 bits per heavy atom. The summed E-state index contributed by atoms with van der Waals surface area (Å²) in [7, 11) is 2.05. The van der Waals surface area contributed by atoms with Gasteiger partial charge in [-0.2, -0.15) is 0 Å². The number of nitrogens with one attached hydrogen (secondary N) is 2. The second-order valence-corrected chi connectivity index (χ2v) is 5.35. The molecular formula is C13H27N3. The number of likely N-dealkylation sites (N-methyl/N-ethyl adjacent to an activating group) is 1. The van der Waals surface area contributed by atoms with Crippen molar-refractivity contribution in [1.82, 2.24) is 15.5 Å². The first kappa shape index (κ1) is 12.3. The molecule has 1 atom stereocenters. The van der Waals surface area contributed by atoms with Crippen LogP contribution in [0.1, 0.15) is 38.5 Å². The number of piperazine rings is 1. The van der Waals surface area contributed by atoms with E-state index in [1.54, 1.807) is 0 Å². The van der Waals surface area contributed by atoms with E-state index in [4.69, 9.17) is 0 Å². The van der Waals surface area contributed by atoms with Gasteiger partial charge in [-0.25, -0.2) is 0 Å². The lowest BCUT2D eigenvalue weighted by molar-refractivity contribution is 0.131. The number of hydrogen-bond donors (Lipinski definition) is 2. The Labute approximate surface area is 100.0 Å². The Kier molecular flexibility index (Phi) is 5.07. The molecule has 2 N–H and O–H groups in total. The summed E-state index contributed by atoms with van der Waals surface area (Å²) in [4.78, 5) is 2.74. The smallest absolute Gasteiger partial charge is 0.0320 e. The first-order chi connectivity index (χ1) is 7.90. The van der Waals surface area contributed by atoms with Gasteiger partial charge in [0.15, 0.2) is 0 Å². The summed E-state index contributed by atoms with van der Waals surface area (Å²) in [5.74, 6) is 0. The molecule has 0 amide bonds. The lowest BCUT2D eigenvalue weighted by Gasteiger charge is -2.38. The van der Waals surface area contributed by atoms with Gasteiger partial charge in [-0.1, -0.05) is 25.7 Å². The van der Waals surface area contributed by atoms with Gasteiger partial charge in [-0.05, 0) is 19.9 Å². The minimum Gasteiger partial charge on any atom is -0.318 e. The van der Waals surface area contributed by atoms with Crippen LogP contribution in [0.25, 0.3) is 0 Å². The van der Waals surface area contributed by atoms with Gasteiger partial charge in [0.1, 0.15) is 0 Å². The van der Waals surface area contributed by atoms with E-state index in [1.165, 1.54) is 58.2 Å². The van der Waals surface area contributed by atoms with Gasteiger partial charge in [0.2, 0.25) is 0 Å². The third-order valence-electron chi connectivity index (χ3n) is 4.08. The van der Waals surface area contributed by atoms with E-state index in [0.717, 1.165) is 12.6 Å². The lowest BCUT2D eigenvalue weighted by atomic mass is 10.0. The predicted octanol–water partition coefficient (Wildman–Crippen LogP) is 1.20. The minimum absolute atomic E-state index is 0.655. The fourth-order valence-electron chi connectivity index (χ4n) is 3.19. The molecule has 1 saturated carbocycles. The Hall–Kier alpha value is -0.120. The van der Waals surface area contributed by atoms with Gasteiger partial charge < -0.3 is 10.6 Å². The second kappa shape index (κ2) is 6.58. The summed E-state index contributed by atoms with van der Waals surface area (Å²) in [6.07, 6.45) is 8.69. The van der Waals surface area contributed by atoms with Gasteiger partial charge in [-0.15, -0.1) is 0 Å². The maximum atomic E-state index is 3.60. The minimum atomic E-state index is 0.655. The maximum Gasteiger partial charge on any atom is 0.0320 e. The Morgan fingerprint density at radius 2 is 1.94 bits per heavy atom. The molecule has 1 saturated heterocycles. The maximum absolute atomic E-state index is 3.60. The molecule has 3 nitrogen and oxygen atoms in total. The van der Waals surface area contributed by atoms with Crippen LogP contribution in [0.2, 0.25) is 0 Å². The van der Waals surface area contributed by atoms with Gasteiger partial charge in [0.25, 0.3) is 0 Å². The van der Waals surface area contributed by atoms with E-state index in [0.29, 0.717) is 6.04 Å². The molecule has 0 aromatic rings. The first-order valence-electron chi connectivity index (χ1n) is 7.02. The molecule has 0 radical (unpaired) electrons. The second-order valence-electron chi connectivity index (χ2n) is 5.35. The van der Waals surface area contributed by atoms with E-state index in [9.17, 15) is 0 Å². The summed E-state index contributed by atoms with van der Waals surface area (Å²) in [5, 5.41) is 6.88. The molecule has 2 fully saturated rings. The number of rotatable bonds is 3. The summed E-state index contributed by atoms with van der Waals surface area (Å²) >= 11 is 0. The lowest BCUT2D eigenvalue weighted by Crippen LogP contribution is -2.56. The molecule has 0 aromatic carbocycles. The highest BCUT2D eigenvalue weighted by atomic mass is 15.2. The Morgan fingerprint density at radius 1 is 1.19 bits per heavy atom. The molecule has 1 unspecified atom stereocenters. The van der Waals surface area contributed by atoms with E-state index >= 15 is 0 Å². The summed E-state index contributed by atoms with van der Waals surface area (Å²) in [5.41, 5.74) is 0. The third-order valence-corrected chi connectivity index (χ3v) is 4.08. The molecule has 0 bridgehead atoms. The Balaban J connectivity index is 1.82. The average molecular weight is 225 g/mol. The molecule has 1 aliphatic heterocycles. The largest absolute Gasteiger partial charge is 0.318 e. The first-order valence-corrected chi connectivity index (χ1v) is 7.02. The molecule has 0 spiro atoms. The molecule has 1 heterocycles. The predicted molar refractivity (Wildman–Crippen MR) is 68.8 cm³/mol. The van der Waals surface area contributed by atoms with Crippen LogP contribution in [0.15, 0.2) is 0 Å². The zero-order valence-electron chi connectivity index (χ0n) is 10.7. The summed E-state index contributed by atoms with van der Waals surface area (Å²) in [6.45, 7) is 4.77. The number of hydrogen-bond acceptors (Lipinski definition) is 3. The van der Waals surface area contributed by atoms with Crippen LogP contribution >= 0.6 is 0 Å². The normalized spacial score (nSPS) is 30.2. The van der Waals surface area contributed by atoms with Crippen LogP contribution in [0.3, 0.4) is 0 Å². The third kappa shape index (κ3) is 3.44. The average Bonchev–Trinajstić information content (AvgIpc) is 2.58. The summed E-state index contributed by atoms with van der Waals surface area (Å²) < 4.78 is 0. The zero-order chi connectivity index (χ0) is 11.2. The van der Waals surface area contributed by atoms with Gasteiger partial charge in [-0.3, -0.25) is 4.90 Å². The highest BCUT2D eigenvalue weighted by Crippen LogP contribution is 2.22.